The number of likely N-dealkylation sites (tertiary alicyclic amines) is 1. The molecule has 11 heteroatoms. The van der Waals surface area contributed by atoms with Crippen LogP contribution in [-0.2, 0) is 21.4 Å². The summed E-state index contributed by atoms with van der Waals surface area (Å²) in [5, 5.41) is 2.56. The number of sulfonamides is 1. The molecule has 0 unspecified atom stereocenters. The topological polar surface area (TPSA) is 151 Å². The van der Waals surface area contributed by atoms with Crippen LogP contribution < -0.4 is 21.6 Å². The van der Waals surface area contributed by atoms with E-state index >= 15 is 0 Å². The highest BCUT2D eigenvalue weighted by molar-refractivity contribution is 7.89. The summed E-state index contributed by atoms with van der Waals surface area (Å²) in [6, 6.07) is 18.9. The van der Waals surface area contributed by atoms with Gasteiger partial charge in [0, 0.05) is 18.5 Å². The fourth-order valence-corrected chi connectivity index (χ4v) is 5.68. The first-order valence-electron chi connectivity index (χ1n) is 12.7. The van der Waals surface area contributed by atoms with Gasteiger partial charge in [0.05, 0.1) is 24.2 Å². The zero-order valence-corrected chi connectivity index (χ0v) is 22.0. The number of nitrogens with two attached hydrogens (primary N) is 2. The van der Waals surface area contributed by atoms with E-state index in [9.17, 15) is 18.0 Å². The predicted molar refractivity (Wildman–Crippen MR) is 146 cm³/mol. The zero-order valence-electron chi connectivity index (χ0n) is 21.2. The number of benzene rings is 3. The number of hydrogen-bond donors (Lipinski definition) is 4. The Hall–Kier alpha value is -3.51. The minimum Gasteiger partial charge on any atom is -0.323 e. The van der Waals surface area contributed by atoms with Crippen molar-refractivity contribution < 1.29 is 18.0 Å². The molecular formula is C27H34N6O4S. The van der Waals surface area contributed by atoms with Crippen molar-refractivity contribution in [3.05, 3.63) is 77.9 Å². The highest BCUT2D eigenvalue weighted by Crippen LogP contribution is 2.22. The molecule has 1 aliphatic rings. The summed E-state index contributed by atoms with van der Waals surface area (Å²) < 4.78 is 28.4. The minimum atomic E-state index is -3.98. The summed E-state index contributed by atoms with van der Waals surface area (Å²) in [6.45, 7) is 0.757. The molecule has 202 valence electrons. The third-order valence-electron chi connectivity index (χ3n) is 6.53. The van der Waals surface area contributed by atoms with Crippen molar-refractivity contribution in [2.75, 3.05) is 19.6 Å². The quantitative estimate of drug-likeness (QED) is 0.268. The Balaban J connectivity index is 1.48. The molecule has 0 bridgehead atoms. The molecule has 0 saturated carbocycles. The molecule has 3 aromatic carbocycles. The van der Waals surface area contributed by atoms with Crippen molar-refractivity contribution in [3.8, 4) is 0 Å². The Morgan fingerprint density at radius 2 is 1.55 bits per heavy atom. The summed E-state index contributed by atoms with van der Waals surface area (Å²) >= 11 is 0. The van der Waals surface area contributed by atoms with E-state index in [0.717, 1.165) is 42.2 Å². The SMILES string of the molecule is NC(N)c1ccc(CN(NC(=O)CNS(=O)(=O)c2cccc3ccccc23)C(=O)N2CCCCCC2)cc1. The number of hydrazine groups is 1. The molecule has 3 aromatic rings. The second kappa shape index (κ2) is 12.4. The summed E-state index contributed by atoms with van der Waals surface area (Å²) in [6.07, 6.45) is 3.26. The standard InChI is InChI=1S/C27H34N6O4S/c28-26(29)22-14-12-20(13-15-22)19-33(27(35)32-16-5-1-2-6-17-32)31-25(34)18-30-38(36,37)24-11-7-9-21-8-3-4-10-23(21)24/h3-4,7-15,26,30H,1-2,5-6,16-19,28-29H2,(H,31,34). The van der Waals surface area contributed by atoms with E-state index in [-0.39, 0.29) is 17.5 Å². The third kappa shape index (κ3) is 6.87. The molecule has 1 heterocycles. The van der Waals surface area contributed by atoms with Crippen LogP contribution in [0.2, 0.25) is 0 Å². The molecule has 1 aliphatic heterocycles. The Morgan fingerprint density at radius 3 is 2.24 bits per heavy atom. The van der Waals surface area contributed by atoms with E-state index in [4.69, 9.17) is 11.5 Å². The molecule has 0 radical (unpaired) electrons. The molecule has 6 N–H and O–H groups in total. The zero-order chi connectivity index (χ0) is 27.1. The lowest BCUT2D eigenvalue weighted by atomic mass is 10.1. The second-order valence-electron chi connectivity index (χ2n) is 9.37. The van der Waals surface area contributed by atoms with Gasteiger partial charge in [-0.2, -0.15) is 0 Å². The normalized spacial score (nSPS) is 14.3. The monoisotopic (exact) mass is 538 g/mol. The molecule has 3 amide bonds. The van der Waals surface area contributed by atoms with Crippen LogP contribution in [0.4, 0.5) is 4.79 Å². The van der Waals surface area contributed by atoms with Crippen molar-refractivity contribution >= 4 is 32.7 Å². The van der Waals surface area contributed by atoms with Crippen LogP contribution in [0.25, 0.3) is 10.8 Å². The fourth-order valence-electron chi connectivity index (χ4n) is 4.47. The van der Waals surface area contributed by atoms with Gasteiger partial charge in [-0.1, -0.05) is 73.5 Å². The number of nitrogens with zero attached hydrogens (tertiary/aromatic N) is 2. The maximum atomic E-state index is 13.4. The van der Waals surface area contributed by atoms with Crippen LogP contribution in [-0.4, -0.2) is 49.9 Å². The Kier molecular flexibility index (Phi) is 8.95. The van der Waals surface area contributed by atoms with Gasteiger partial charge in [-0.25, -0.2) is 22.9 Å². The molecule has 0 atom stereocenters. The second-order valence-corrected chi connectivity index (χ2v) is 11.1. The van der Waals surface area contributed by atoms with Crippen molar-refractivity contribution in [1.82, 2.24) is 20.1 Å². The predicted octanol–water partition coefficient (Wildman–Crippen LogP) is 2.56. The number of carbonyl (C=O) groups excluding carboxylic acids is 2. The summed E-state index contributed by atoms with van der Waals surface area (Å²) in [5.74, 6) is -0.655. The molecule has 38 heavy (non-hydrogen) atoms. The summed E-state index contributed by atoms with van der Waals surface area (Å²) in [5.41, 5.74) is 15.6. The van der Waals surface area contributed by atoms with Crippen molar-refractivity contribution in [3.63, 3.8) is 0 Å². The molecule has 10 nitrogen and oxygen atoms in total. The number of rotatable bonds is 7. The lowest BCUT2D eigenvalue weighted by Gasteiger charge is -2.30. The van der Waals surface area contributed by atoms with Gasteiger partial charge in [0.25, 0.3) is 5.91 Å². The maximum absolute atomic E-state index is 13.4. The molecular weight excluding hydrogens is 504 g/mol. The summed E-state index contributed by atoms with van der Waals surface area (Å²) in [7, 11) is -3.98. The Bertz CT molecular complexity index is 1360. The number of hydrogen-bond acceptors (Lipinski definition) is 6. The Morgan fingerprint density at radius 1 is 0.895 bits per heavy atom. The molecule has 1 fully saturated rings. The molecule has 0 aliphatic carbocycles. The summed E-state index contributed by atoms with van der Waals surface area (Å²) in [4.78, 5) is 28.1. The number of amides is 3. The highest BCUT2D eigenvalue weighted by Gasteiger charge is 2.25. The first kappa shape index (κ1) is 27.5. The number of urea groups is 1. The van der Waals surface area contributed by atoms with Gasteiger partial charge < -0.3 is 16.4 Å². The lowest BCUT2D eigenvalue weighted by molar-refractivity contribution is -0.124. The van der Waals surface area contributed by atoms with Gasteiger partial charge in [0.2, 0.25) is 10.0 Å². The number of fused-ring (bicyclic) bond motifs is 1. The van der Waals surface area contributed by atoms with Crippen LogP contribution in [0, 0.1) is 0 Å². The van der Waals surface area contributed by atoms with Crippen molar-refractivity contribution in [2.24, 2.45) is 11.5 Å². The first-order chi connectivity index (χ1) is 18.2. The third-order valence-corrected chi connectivity index (χ3v) is 7.99. The highest BCUT2D eigenvalue weighted by atomic mass is 32.2. The van der Waals surface area contributed by atoms with E-state index in [1.807, 2.05) is 18.2 Å². The van der Waals surface area contributed by atoms with Crippen molar-refractivity contribution in [2.45, 2.75) is 43.3 Å². The molecule has 0 spiro atoms. The average Bonchev–Trinajstić information content (AvgIpc) is 3.21. The van der Waals surface area contributed by atoms with E-state index in [1.54, 1.807) is 47.4 Å². The lowest BCUT2D eigenvalue weighted by Crippen LogP contribution is -2.53. The Labute approximate surface area is 223 Å². The smallest absolute Gasteiger partial charge is 0.323 e. The first-order valence-corrected chi connectivity index (χ1v) is 14.2. The van der Waals surface area contributed by atoms with Crippen molar-refractivity contribution in [1.29, 1.82) is 0 Å². The maximum Gasteiger partial charge on any atom is 0.339 e. The number of nitrogens with one attached hydrogen (secondary N) is 2. The van der Waals surface area contributed by atoms with E-state index in [2.05, 4.69) is 10.1 Å². The molecule has 1 saturated heterocycles. The van der Waals surface area contributed by atoms with E-state index in [1.165, 1.54) is 11.1 Å². The van der Waals surface area contributed by atoms with Gasteiger partial charge in [0.1, 0.15) is 0 Å². The molecule has 4 rings (SSSR count). The van der Waals surface area contributed by atoms with Crippen LogP contribution >= 0.6 is 0 Å². The van der Waals surface area contributed by atoms with Crippen LogP contribution in [0.1, 0.15) is 43.0 Å². The largest absolute Gasteiger partial charge is 0.339 e. The minimum absolute atomic E-state index is 0.0825. The van der Waals surface area contributed by atoms with Crippen LogP contribution in [0.3, 0.4) is 0 Å². The van der Waals surface area contributed by atoms with Gasteiger partial charge >= 0.3 is 6.03 Å². The van der Waals surface area contributed by atoms with Crippen LogP contribution in [0.15, 0.2) is 71.6 Å². The van der Waals surface area contributed by atoms with Gasteiger partial charge in [-0.15, -0.1) is 0 Å². The number of carbonyl (C=O) groups is 2. The fraction of sp³-hybridized carbons (Fsp3) is 0.333. The van der Waals surface area contributed by atoms with Crippen LogP contribution in [0.5, 0.6) is 0 Å². The van der Waals surface area contributed by atoms with E-state index in [0.29, 0.717) is 18.5 Å². The molecule has 0 aromatic heterocycles. The van der Waals surface area contributed by atoms with Gasteiger partial charge in [0.15, 0.2) is 0 Å². The van der Waals surface area contributed by atoms with Gasteiger partial charge in [-0.05, 0) is 35.4 Å². The van der Waals surface area contributed by atoms with E-state index < -0.39 is 28.6 Å². The average molecular weight is 539 g/mol. The van der Waals surface area contributed by atoms with Gasteiger partial charge in [-0.3, -0.25) is 10.2 Å².